The minimum absolute atomic E-state index is 0.262. The van der Waals surface area contributed by atoms with E-state index in [2.05, 4.69) is 17.4 Å². The zero-order valence-electron chi connectivity index (χ0n) is 13.4. The number of benzene rings is 2. The van der Waals surface area contributed by atoms with Crippen LogP contribution in [0.5, 0.6) is 11.5 Å². The molecule has 1 amide bonds. The van der Waals surface area contributed by atoms with Crippen LogP contribution in [-0.4, -0.2) is 19.7 Å². The molecule has 26 heavy (non-hydrogen) atoms. The van der Waals surface area contributed by atoms with Crippen LogP contribution >= 0.6 is 23.4 Å². The first-order valence-electron chi connectivity index (χ1n) is 7.45. The molecule has 3 aromatic rings. The van der Waals surface area contributed by atoms with Crippen LogP contribution in [0.15, 0.2) is 76.8 Å². The molecule has 0 fully saturated rings. The van der Waals surface area contributed by atoms with Crippen molar-refractivity contribution in [3.05, 3.63) is 67.0 Å². The summed E-state index contributed by atoms with van der Waals surface area (Å²) in [6.07, 6.45) is 2.71. The molecular formula is C17H17N3O4S2. The number of hydrogen-bond donors (Lipinski definition) is 5. The van der Waals surface area contributed by atoms with Crippen molar-refractivity contribution < 1.29 is 18.6 Å². The lowest BCUT2D eigenvalue weighted by molar-refractivity contribution is 0.250. The number of anilines is 1. The molecule has 0 aliphatic rings. The van der Waals surface area contributed by atoms with Crippen LogP contribution in [0.2, 0.25) is 0 Å². The lowest BCUT2D eigenvalue weighted by atomic mass is 10.3. The van der Waals surface area contributed by atoms with E-state index in [0.717, 1.165) is 4.57 Å². The normalized spacial score (nSPS) is 11.8. The number of carbonyl (C=O) groups excluding carboxylic acids is 1. The molecule has 7 nitrogen and oxygen atoms in total. The van der Waals surface area contributed by atoms with Gasteiger partial charge in [-0.05, 0) is 36.4 Å². The van der Waals surface area contributed by atoms with Gasteiger partial charge in [0.2, 0.25) is 0 Å². The Morgan fingerprint density at radius 2 is 1.65 bits per heavy atom. The van der Waals surface area contributed by atoms with Crippen molar-refractivity contribution in [2.24, 2.45) is 5.73 Å². The molecule has 0 bridgehead atoms. The maximum atomic E-state index is 11.2. The highest BCUT2D eigenvalue weighted by Gasteiger charge is 2.18. The number of nitrogens with zero attached hydrogens (tertiary/aromatic N) is 1. The minimum Gasteiger partial charge on any atom is -0.457 e. The Morgan fingerprint density at radius 1 is 1.04 bits per heavy atom. The predicted octanol–water partition coefficient (Wildman–Crippen LogP) is 4.63. The summed E-state index contributed by atoms with van der Waals surface area (Å²) in [5, 5.41) is 0. The zero-order valence-corrected chi connectivity index (χ0v) is 15.2. The second kappa shape index (κ2) is 7.34. The number of hydrogen-bond acceptors (Lipinski definition) is 6. The Hall–Kier alpha value is -2.59. The third-order valence-electron chi connectivity index (χ3n) is 3.44. The minimum atomic E-state index is -3.36. The number of rotatable bonds is 5. The Balaban J connectivity index is 1.76. The fraction of sp³-hybridized carbons (Fsp3) is 0. The van der Waals surface area contributed by atoms with Gasteiger partial charge in [0.1, 0.15) is 11.5 Å². The van der Waals surface area contributed by atoms with Gasteiger partial charge in [-0.2, -0.15) is 0 Å². The van der Waals surface area contributed by atoms with E-state index in [-0.39, 0.29) is 10.6 Å². The van der Waals surface area contributed by atoms with Crippen LogP contribution in [0.4, 0.5) is 10.5 Å². The monoisotopic (exact) mass is 391 g/mol. The van der Waals surface area contributed by atoms with Crippen molar-refractivity contribution in [3.63, 3.8) is 0 Å². The summed E-state index contributed by atoms with van der Waals surface area (Å²) >= 11 is 4.19. The van der Waals surface area contributed by atoms with E-state index in [4.69, 9.17) is 10.5 Å². The van der Waals surface area contributed by atoms with Crippen LogP contribution in [0, 0.1) is 0 Å². The van der Waals surface area contributed by atoms with E-state index < -0.39 is 16.8 Å². The van der Waals surface area contributed by atoms with E-state index in [9.17, 15) is 13.9 Å². The summed E-state index contributed by atoms with van der Waals surface area (Å²) in [5.74, 6) is 1.24. The molecule has 1 heterocycles. The van der Waals surface area contributed by atoms with Gasteiger partial charge >= 0.3 is 6.03 Å². The number of para-hydroxylation sites is 1. The molecule has 0 spiro atoms. The first kappa shape index (κ1) is 18.2. The number of aromatic nitrogens is 1. The van der Waals surface area contributed by atoms with Gasteiger partial charge in [0.25, 0.3) is 0 Å². The largest absolute Gasteiger partial charge is 0.457 e. The van der Waals surface area contributed by atoms with Crippen LogP contribution < -0.4 is 15.2 Å². The SMILES string of the molecule is NC(=O)n1cc(S)c(NS(O)(O)c2ccc(Oc3ccccc3)cc2)c1. The lowest BCUT2D eigenvalue weighted by Crippen LogP contribution is -2.17. The number of ether oxygens (including phenoxy) is 1. The molecule has 0 aliphatic carbocycles. The fourth-order valence-corrected chi connectivity index (χ4v) is 3.60. The van der Waals surface area contributed by atoms with E-state index in [1.54, 1.807) is 24.3 Å². The van der Waals surface area contributed by atoms with Crippen molar-refractivity contribution in [1.29, 1.82) is 0 Å². The van der Waals surface area contributed by atoms with Crippen LogP contribution in [0.25, 0.3) is 0 Å². The highest BCUT2D eigenvalue weighted by atomic mass is 32.3. The molecule has 0 unspecified atom stereocenters. The first-order valence-corrected chi connectivity index (χ1v) is 9.44. The number of primary amides is 1. The molecular weight excluding hydrogens is 374 g/mol. The number of carbonyl (C=O) groups is 1. The average molecular weight is 391 g/mol. The van der Waals surface area contributed by atoms with Crippen LogP contribution in [0.1, 0.15) is 0 Å². The Labute approximate surface area is 157 Å². The summed E-state index contributed by atoms with van der Waals surface area (Å²) < 4.78 is 30.2. The molecule has 0 saturated carbocycles. The highest BCUT2D eigenvalue weighted by molar-refractivity contribution is 8.25. The van der Waals surface area contributed by atoms with Gasteiger partial charge < -0.3 is 10.5 Å². The Kier molecular flexibility index (Phi) is 5.14. The summed E-state index contributed by atoms with van der Waals surface area (Å²) in [4.78, 5) is 11.8. The number of thiol groups is 1. The molecule has 3 rings (SSSR count). The van der Waals surface area contributed by atoms with E-state index >= 15 is 0 Å². The molecule has 1 aromatic heterocycles. The lowest BCUT2D eigenvalue weighted by Gasteiger charge is -2.33. The second-order valence-corrected chi connectivity index (χ2v) is 7.60. The molecule has 0 aliphatic heterocycles. The van der Waals surface area contributed by atoms with Gasteiger partial charge in [0, 0.05) is 17.3 Å². The van der Waals surface area contributed by atoms with E-state index in [0.29, 0.717) is 16.4 Å². The van der Waals surface area contributed by atoms with Crippen molar-refractivity contribution in [3.8, 4) is 11.5 Å². The van der Waals surface area contributed by atoms with Crippen molar-refractivity contribution in [1.82, 2.24) is 4.57 Å². The van der Waals surface area contributed by atoms with Gasteiger partial charge in [0.05, 0.1) is 10.6 Å². The average Bonchev–Trinajstić information content (AvgIpc) is 2.97. The van der Waals surface area contributed by atoms with Crippen molar-refractivity contribution in [2.75, 3.05) is 4.72 Å². The smallest absolute Gasteiger partial charge is 0.323 e. The van der Waals surface area contributed by atoms with Gasteiger partial charge in [-0.1, -0.05) is 29.0 Å². The Morgan fingerprint density at radius 3 is 2.23 bits per heavy atom. The van der Waals surface area contributed by atoms with Crippen LogP contribution in [0.3, 0.4) is 0 Å². The van der Waals surface area contributed by atoms with E-state index in [1.807, 2.05) is 30.3 Å². The fourth-order valence-electron chi connectivity index (χ4n) is 2.18. The summed E-state index contributed by atoms with van der Waals surface area (Å²) in [7, 11) is -3.36. The molecule has 0 atom stereocenters. The van der Waals surface area contributed by atoms with Gasteiger partial charge in [-0.25, -0.2) is 4.79 Å². The molecule has 136 valence electrons. The molecule has 2 aromatic carbocycles. The molecule has 9 heteroatoms. The Bertz CT molecular complexity index is 912. The molecule has 5 N–H and O–H groups in total. The van der Waals surface area contributed by atoms with Crippen LogP contribution in [-0.2, 0) is 0 Å². The van der Waals surface area contributed by atoms with Gasteiger partial charge in [0.15, 0.2) is 0 Å². The maximum Gasteiger partial charge on any atom is 0.323 e. The standard InChI is InChI=1S/C17H17N3O4S2/c18-17(21)20-10-15(16(25)11-20)19-26(22,23)14-8-6-13(7-9-14)24-12-4-2-1-3-5-12/h1-11,19,22-23,25H,(H2,18,21). The van der Waals surface area contributed by atoms with Crippen molar-refractivity contribution >= 4 is 35.1 Å². The number of nitrogens with two attached hydrogens (primary N) is 1. The maximum absolute atomic E-state index is 11.2. The van der Waals surface area contributed by atoms with Gasteiger partial charge in [-0.3, -0.25) is 18.4 Å². The molecule has 0 radical (unpaired) electrons. The predicted molar refractivity (Wildman–Crippen MR) is 104 cm³/mol. The number of amides is 1. The first-order chi connectivity index (χ1) is 12.3. The van der Waals surface area contributed by atoms with Gasteiger partial charge in [-0.15, -0.1) is 12.6 Å². The topological polar surface area (TPSA) is 110 Å². The summed E-state index contributed by atoms with van der Waals surface area (Å²) in [6, 6.07) is 14.9. The number of nitrogens with one attached hydrogen (secondary N) is 1. The van der Waals surface area contributed by atoms with E-state index in [1.165, 1.54) is 12.4 Å². The highest BCUT2D eigenvalue weighted by Crippen LogP contribution is 2.49. The second-order valence-electron chi connectivity index (χ2n) is 5.34. The third-order valence-corrected chi connectivity index (χ3v) is 5.23. The zero-order chi connectivity index (χ0) is 18.7. The van der Waals surface area contributed by atoms with Crippen molar-refractivity contribution in [2.45, 2.75) is 9.79 Å². The molecule has 0 saturated heterocycles. The summed E-state index contributed by atoms with van der Waals surface area (Å²) in [6.45, 7) is 0. The third kappa shape index (κ3) is 4.14. The summed E-state index contributed by atoms with van der Waals surface area (Å²) in [5.41, 5.74) is 5.46. The quantitative estimate of drug-likeness (QED) is 0.407.